The van der Waals surface area contributed by atoms with Crippen LogP contribution in [-0.2, 0) is 19.3 Å². The molecule has 0 heterocycles. The van der Waals surface area contributed by atoms with Crippen molar-refractivity contribution in [3.8, 4) is 11.1 Å². The van der Waals surface area contributed by atoms with Crippen LogP contribution in [0.5, 0.6) is 0 Å². The smallest absolute Gasteiger partial charge is 0.248 e. The third-order valence-electron chi connectivity index (χ3n) is 5.80. The number of carbonyl (C=O) groups excluding carboxylic acids is 1. The van der Waals surface area contributed by atoms with E-state index >= 15 is 0 Å². The van der Waals surface area contributed by atoms with Crippen molar-refractivity contribution in [3.05, 3.63) is 95.1 Å². The first-order valence-electron chi connectivity index (χ1n) is 9.58. The SMILES string of the molecule is CC1(CCc2ccc(-c3cccc(C(N)=O)c3)cc2)Cc2ccccc2C1. The van der Waals surface area contributed by atoms with Crippen molar-refractivity contribution in [2.45, 2.75) is 32.6 Å². The largest absolute Gasteiger partial charge is 0.366 e. The molecule has 0 bridgehead atoms. The molecule has 2 heteroatoms. The number of hydrogen-bond donors (Lipinski definition) is 1. The Hall–Kier alpha value is -2.87. The first kappa shape index (κ1) is 17.5. The van der Waals surface area contributed by atoms with E-state index in [4.69, 9.17) is 5.73 Å². The van der Waals surface area contributed by atoms with Crippen LogP contribution < -0.4 is 5.73 Å². The predicted molar refractivity (Wildman–Crippen MR) is 111 cm³/mol. The maximum Gasteiger partial charge on any atom is 0.248 e. The molecule has 0 unspecified atom stereocenters. The molecule has 0 fully saturated rings. The number of hydrogen-bond acceptors (Lipinski definition) is 1. The molecule has 2 nitrogen and oxygen atoms in total. The van der Waals surface area contributed by atoms with E-state index in [1.54, 1.807) is 6.07 Å². The number of fused-ring (bicyclic) bond motifs is 1. The highest BCUT2D eigenvalue weighted by atomic mass is 16.1. The van der Waals surface area contributed by atoms with Crippen LogP contribution in [0.3, 0.4) is 0 Å². The van der Waals surface area contributed by atoms with Gasteiger partial charge in [0.25, 0.3) is 0 Å². The summed E-state index contributed by atoms with van der Waals surface area (Å²) in [7, 11) is 0. The summed E-state index contributed by atoms with van der Waals surface area (Å²) >= 11 is 0. The molecule has 0 aliphatic heterocycles. The van der Waals surface area contributed by atoms with Gasteiger partial charge in [0, 0.05) is 5.56 Å². The van der Waals surface area contributed by atoms with Crippen LogP contribution in [0.25, 0.3) is 11.1 Å². The summed E-state index contributed by atoms with van der Waals surface area (Å²) in [6.45, 7) is 2.41. The van der Waals surface area contributed by atoms with Gasteiger partial charge in [-0.05, 0) is 71.0 Å². The highest BCUT2D eigenvalue weighted by Crippen LogP contribution is 2.40. The number of carbonyl (C=O) groups is 1. The van der Waals surface area contributed by atoms with Crippen molar-refractivity contribution >= 4 is 5.91 Å². The van der Waals surface area contributed by atoms with Crippen LogP contribution >= 0.6 is 0 Å². The molecule has 1 amide bonds. The lowest BCUT2D eigenvalue weighted by Gasteiger charge is -2.23. The predicted octanol–water partition coefficient (Wildman–Crippen LogP) is 5.19. The topological polar surface area (TPSA) is 43.1 Å². The quantitative estimate of drug-likeness (QED) is 0.672. The van der Waals surface area contributed by atoms with E-state index < -0.39 is 0 Å². The Balaban J connectivity index is 1.43. The average Bonchev–Trinajstić information content (AvgIpc) is 3.03. The van der Waals surface area contributed by atoms with Crippen molar-refractivity contribution in [1.82, 2.24) is 0 Å². The van der Waals surface area contributed by atoms with Gasteiger partial charge in [0.2, 0.25) is 5.91 Å². The number of benzene rings is 3. The molecule has 3 aromatic carbocycles. The van der Waals surface area contributed by atoms with Gasteiger partial charge in [-0.1, -0.05) is 67.6 Å². The molecule has 3 aromatic rings. The Bertz CT molecular complexity index is 947. The first-order valence-corrected chi connectivity index (χ1v) is 9.58. The monoisotopic (exact) mass is 355 g/mol. The van der Waals surface area contributed by atoms with E-state index in [0.29, 0.717) is 11.0 Å². The van der Waals surface area contributed by atoms with E-state index in [1.807, 2.05) is 18.2 Å². The lowest BCUT2D eigenvalue weighted by molar-refractivity contribution is 0.100. The van der Waals surface area contributed by atoms with Gasteiger partial charge < -0.3 is 5.73 Å². The lowest BCUT2D eigenvalue weighted by Crippen LogP contribution is -2.17. The molecule has 0 saturated carbocycles. The Morgan fingerprint density at radius 1 is 0.889 bits per heavy atom. The summed E-state index contributed by atoms with van der Waals surface area (Å²) in [5.41, 5.74) is 12.8. The van der Waals surface area contributed by atoms with Crippen LogP contribution in [0, 0.1) is 5.41 Å². The molecule has 1 aliphatic carbocycles. The third-order valence-corrected chi connectivity index (χ3v) is 5.80. The summed E-state index contributed by atoms with van der Waals surface area (Å²) in [4.78, 5) is 11.4. The van der Waals surface area contributed by atoms with Crippen LogP contribution in [0.4, 0.5) is 0 Å². The van der Waals surface area contributed by atoms with Crippen molar-refractivity contribution in [2.75, 3.05) is 0 Å². The highest BCUT2D eigenvalue weighted by molar-refractivity contribution is 5.94. The van der Waals surface area contributed by atoms with Gasteiger partial charge in [0.05, 0.1) is 0 Å². The number of nitrogens with two attached hydrogens (primary N) is 1. The number of rotatable bonds is 5. The normalized spacial score (nSPS) is 14.7. The Labute approximate surface area is 161 Å². The molecule has 0 radical (unpaired) electrons. The zero-order valence-corrected chi connectivity index (χ0v) is 15.7. The number of amides is 1. The molecule has 2 N–H and O–H groups in total. The standard InChI is InChI=1S/C25H25NO/c1-25(16-22-5-2-3-6-23(22)17-25)14-13-18-9-11-19(12-10-18)20-7-4-8-21(15-20)24(26)27/h2-12,15H,13-14,16-17H2,1H3,(H2,26,27). The zero-order valence-electron chi connectivity index (χ0n) is 15.7. The van der Waals surface area contributed by atoms with Crippen molar-refractivity contribution in [1.29, 1.82) is 0 Å². The van der Waals surface area contributed by atoms with Gasteiger partial charge in [0.1, 0.15) is 0 Å². The fourth-order valence-electron chi connectivity index (χ4n) is 4.22. The number of aryl methyl sites for hydroxylation is 1. The lowest BCUT2D eigenvalue weighted by atomic mass is 9.81. The molecule has 0 atom stereocenters. The minimum absolute atomic E-state index is 0.359. The Morgan fingerprint density at radius 3 is 2.19 bits per heavy atom. The second-order valence-electron chi connectivity index (χ2n) is 8.07. The molecule has 1 aliphatic rings. The minimum Gasteiger partial charge on any atom is -0.366 e. The average molecular weight is 355 g/mol. The van der Waals surface area contributed by atoms with E-state index in [1.165, 1.54) is 36.0 Å². The molecule has 4 rings (SSSR count). The first-order chi connectivity index (χ1) is 13.0. The summed E-state index contributed by atoms with van der Waals surface area (Å²) in [5.74, 6) is -0.390. The summed E-state index contributed by atoms with van der Waals surface area (Å²) < 4.78 is 0. The summed E-state index contributed by atoms with van der Waals surface area (Å²) in [6.07, 6.45) is 4.65. The Morgan fingerprint density at radius 2 is 1.56 bits per heavy atom. The Kier molecular flexibility index (Phi) is 4.57. The molecule has 0 spiro atoms. The van der Waals surface area contributed by atoms with E-state index in [2.05, 4.69) is 55.5 Å². The maximum atomic E-state index is 11.4. The second-order valence-corrected chi connectivity index (χ2v) is 8.07. The molecular formula is C25H25NO. The fourth-order valence-corrected chi connectivity index (χ4v) is 4.22. The highest BCUT2D eigenvalue weighted by Gasteiger charge is 2.31. The van der Waals surface area contributed by atoms with Gasteiger partial charge >= 0.3 is 0 Å². The number of primary amides is 1. The van der Waals surface area contributed by atoms with Crippen LogP contribution in [-0.4, -0.2) is 5.91 Å². The van der Waals surface area contributed by atoms with Gasteiger partial charge in [-0.15, -0.1) is 0 Å². The molecule has 0 aromatic heterocycles. The van der Waals surface area contributed by atoms with Gasteiger partial charge in [0.15, 0.2) is 0 Å². The van der Waals surface area contributed by atoms with Crippen LogP contribution in [0.15, 0.2) is 72.8 Å². The summed E-state index contributed by atoms with van der Waals surface area (Å²) in [5, 5.41) is 0. The van der Waals surface area contributed by atoms with E-state index in [0.717, 1.165) is 17.5 Å². The molecule has 27 heavy (non-hydrogen) atoms. The van der Waals surface area contributed by atoms with Gasteiger partial charge in [-0.3, -0.25) is 4.79 Å². The van der Waals surface area contributed by atoms with Gasteiger partial charge in [-0.25, -0.2) is 0 Å². The van der Waals surface area contributed by atoms with E-state index in [-0.39, 0.29) is 5.91 Å². The zero-order chi connectivity index (χ0) is 18.9. The van der Waals surface area contributed by atoms with Crippen molar-refractivity contribution in [3.63, 3.8) is 0 Å². The van der Waals surface area contributed by atoms with Crippen LogP contribution in [0.1, 0.15) is 40.4 Å². The minimum atomic E-state index is -0.390. The molecular weight excluding hydrogens is 330 g/mol. The molecule has 136 valence electrons. The van der Waals surface area contributed by atoms with Crippen molar-refractivity contribution in [2.24, 2.45) is 11.1 Å². The fraction of sp³-hybridized carbons (Fsp3) is 0.240. The van der Waals surface area contributed by atoms with Gasteiger partial charge in [-0.2, -0.15) is 0 Å². The van der Waals surface area contributed by atoms with Crippen molar-refractivity contribution < 1.29 is 4.79 Å². The second kappa shape index (κ2) is 7.03. The van der Waals surface area contributed by atoms with Crippen LogP contribution in [0.2, 0.25) is 0 Å². The maximum absolute atomic E-state index is 11.4. The third kappa shape index (κ3) is 3.80. The molecule has 0 saturated heterocycles. The summed E-state index contributed by atoms with van der Waals surface area (Å²) in [6, 6.07) is 25.0. The van der Waals surface area contributed by atoms with E-state index in [9.17, 15) is 4.79 Å².